The number of nitrogens with one attached hydrogen (secondary N) is 1. The van der Waals surface area contributed by atoms with Crippen LogP contribution in [0.5, 0.6) is 0 Å². The fourth-order valence-corrected chi connectivity index (χ4v) is 3.01. The molecule has 0 saturated carbocycles. The fraction of sp³-hybridized carbons (Fsp3) is 0.647. The van der Waals surface area contributed by atoms with Crippen molar-refractivity contribution in [3.63, 3.8) is 0 Å². The standard InChI is InChI=1S/C17H28N2O2/c1-4-16(18-2)14-5-7-15(8-6-14)19(3)13-17(20)9-11-21-12-10-17/h5-8,16,18,20H,4,9-13H2,1-3H3. The van der Waals surface area contributed by atoms with Crippen LogP contribution in [0.2, 0.25) is 0 Å². The van der Waals surface area contributed by atoms with Crippen LogP contribution < -0.4 is 10.2 Å². The van der Waals surface area contributed by atoms with E-state index < -0.39 is 5.60 Å². The summed E-state index contributed by atoms with van der Waals surface area (Å²) in [7, 11) is 4.03. The molecule has 0 bridgehead atoms. The number of hydrogen-bond acceptors (Lipinski definition) is 4. The van der Waals surface area contributed by atoms with Crippen molar-refractivity contribution in [2.75, 3.05) is 38.8 Å². The molecule has 0 aliphatic carbocycles. The highest BCUT2D eigenvalue weighted by molar-refractivity contribution is 5.47. The monoisotopic (exact) mass is 292 g/mol. The molecular formula is C17H28N2O2. The van der Waals surface area contributed by atoms with Gasteiger partial charge in [-0.25, -0.2) is 0 Å². The summed E-state index contributed by atoms with van der Waals surface area (Å²) in [6, 6.07) is 9.02. The lowest BCUT2D eigenvalue weighted by atomic mass is 9.93. The van der Waals surface area contributed by atoms with Gasteiger partial charge in [0.1, 0.15) is 0 Å². The molecule has 1 aromatic carbocycles. The minimum atomic E-state index is -0.622. The average molecular weight is 292 g/mol. The number of rotatable bonds is 6. The molecule has 1 heterocycles. The molecule has 118 valence electrons. The molecule has 0 aromatic heterocycles. The molecule has 4 nitrogen and oxygen atoms in total. The third-order valence-corrected chi connectivity index (χ3v) is 4.45. The van der Waals surface area contributed by atoms with Crippen molar-refractivity contribution in [3.05, 3.63) is 29.8 Å². The second kappa shape index (κ2) is 7.25. The van der Waals surface area contributed by atoms with E-state index in [0.29, 0.717) is 38.6 Å². The van der Waals surface area contributed by atoms with E-state index in [1.807, 2.05) is 14.1 Å². The Hall–Kier alpha value is -1.10. The second-order valence-electron chi connectivity index (χ2n) is 6.03. The summed E-state index contributed by atoms with van der Waals surface area (Å²) in [4.78, 5) is 2.13. The predicted octanol–water partition coefficient (Wildman–Crippen LogP) is 2.33. The third-order valence-electron chi connectivity index (χ3n) is 4.45. The molecule has 1 unspecified atom stereocenters. The Labute approximate surface area is 128 Å². The van der Waals surface area contributed by atoms with Gasteiger partial charge in [0.15, 0.2) is 0 Å². The molecule has 0 radical (unpaired) electrons. The zero-order valence-corrected chi connectivity index (χ0v) is 13.4. The average Bonchev–Trinajstić information content (AvgIpc) is 2.49. The first-order valence-corrected chi connectivity index (χ1v) is 7.86. The maximum atomic E-state index is 10.6. The molecule has 1 atom stereocenters. The van der Waals surface area contributed by atoms with Crippen molar-refractivity contribution < 1.29 is 9.84 Å². The van der Waals surface area contributed by atoms with Crippen molar-refractivity contribution >= 4 is 5.69 Å². The van der Waals surface area contributed by atoms with Gasteiger partial charge in [-0.15, -0.1) is 0 Å². The lowest BCUT2D eigenvalue weighted by Crippen LogP contribution is -2.45. The van der Waals surface area contributed by atoms with Gasteiger partial charge in [-0.3, -0.25) is 0 Å². The van der Waals surface area contributed by atoms with E-state index in [-0.39, 0.29) is 0 Å². The van der Waals surface area contributed by atoms with Gasteiger partial charge < -0.3 is 20.1 Å². The van der Waals surface area contributed by atoms with Gasteiger partial charge in [-0.1, -0.05) is 19.1 Å². The van der Waals surface area contributed by atoms with E-state index in [1.165, 1.54) is 5.56 Å². The summed E-state index contributed by atoms with van der Waals surface area (Å²) in [5.41, 5.74) is 1.83. The van der Waals surface area contributed by atoms with Gasteiger partial charge >= 0.3 is 0 Å². The van der Waals surface area contributed by atoms with E-state index in [0.717, 1.165) is 12.1 Å². The Morgan fingerprint density at radius 2 is 1.90 bits per heavy atom. The molecule has 1 aliphatic rings. The van der Waals surface area contributed by atoms with Crippen LogP contribution >= 0.6 is 0 Å². The van der Waals surface area contributed by atoms with E-state index in [2.05, 4.69) is 41.4 Å². The molecule has 4 heteroatoms. The number of ether oxygens (including phenoxy) is 1. The van der Waals surface area contributed by atoms with Gasteiger partial charge in [0.2, 0.25) is 0 Å². The first-order valence-electron chi connectivity index (χ1n) is 7.86. The Balaban J connectivity index is 2.00. The number of likely N-dealkylation sites (N-methyl/N-ethyl adjacent to an activating group) is 1. The maximum absolute atomic E-state index is 10.6. The van der Waals surface area contributed by atoms with Crippen LogP contribution in [0.4, 0.5) is 5.69 Å². The minimum absolute atomic E-state index is 0.407. The van der Waals surface area contributed by atoms with Crippen LogP contribution in [0, 0.1) is 0 Å². The zero-order chi connectivity index (χ0) is 15.3. The topological polar surface area (TPSA) is 44.7 Å². The Kier molecular flexibility index (Phi) is 5.62. The minimum Gasteiger partial charge on any atom is -0.388 e. The highest BCUT2D eigenvalue weighted by Gasteiger charge is 2.31. The molecule has 1 aliphatic heterocycles. The number of anilines is 1. The van der Waals surface area contributed by atoms with E-state index >= 15 is 0 Å². The van der Waals surface area contributed by atoms with Crippen LogP contribution in [0.3, 0.4) is 0 Å². The highest BCUT2D eigenvalue weighted by Crippen LogP contribution is 2.25. The molecule has 1 aromatic rings. The summed E-state index contributed by atoms with van der Waals surface area (Å²) in [6.45, 7) is 4.15. The van der Waals surface area contributed by atoms with Gasteiger partial charge in [0.05, 0.1) is 5.60 Å². The zero-order valence-electron chi connectivity index (χ0n) is 13.4. The van der Waals surface area contributed by atoms with Crippen LogP contribution in [-0.2, 0) is 4.74 Å². The van der Waals surface area contributed by atoms with Crippen LogP contribution in [0.25, 0.3) is 0 Å². The lowest BCUT2D eigenvalue weighted by Gasteiger charge is -2.36. The number of aliphatic hydroxyl groups is 1. The van der Waals surface area contributed by atoms with Crippen LogP contribution in [0.15, 0.2) is 24.3 Å². The van der Waals surface area contributed by atoms with Crippen LogP contribution in [0.1, 0.15) is 37.8 Å². The summed E-state index contributed by atoms with van der Waals surface area (Å²) in [5.74, 6) is 0. The SMILES string of the molecule is CCC(NC)c1ccc(N(C)CC2(O)CCOCC2)cc1. The van der Waals surface area contributed by atoms with Crippen molar-refractivity contribution in [2.24, 2.45) is 0 Å². The summed E-state index contributed by atoms with van der Waals surface area (Å²) >= 11 is 0. The first kappa shape index (κ1) is 16.3. The summed E-state index contributed by atoms with van der Waals surface area (Å²) < 4.78 is 5.33. The highest BCUT2D eigenvalue weighted by atomic mass is 16.5. The van der Waals surface area contributed by atoms with Crippen LogP contribution in [-0.4, -0.2) is 44.6 Å². The van der Waals surface area contributed by atoms with Gasteiger partial charge in [-0.05, 0) is 31.2 Å². The van der Waals surface area contributed by atoms with Crippen molar-refractivity contribution in [1.82, 2.24) is 5.32 Å². The van der Waals surface area contributed by atoms with E-state index in [9.17, 15) is 5.11 Å². The molecule has 2 rings (SSSR count). The van der Waals surface area contributed by atoms with Gasteiger partial charge in [0, 0.05) is 51.4 Å². The predicted molar refractivity (Wildman–Crippen MR) is 86.8 cm³/mol. The second-order valence-corrected chi connectivity index (χ2v) is 6.03. The van der Waals surface area contributed by atoms with E-state index in [4.69, 9.17) is 4.74 Å². The Morgan fingerprint density at radius 3 is 2.43 bits per heavy atom. The van der Waals surface area contributed by atoms with Gasteiger partial charge in [0.25, 0.3) is 0 Å². The molecule has 2 N–H and O–H groups in total. The molecule has 1 saturated heterocycles. The Morgan fingerprint density at radius 1 is 1.29 bits per heavy atom. The lowest BCUT2D eigenvalue weighted by molar-refractivity contribution is -0.0572. The number of hydrogen-bond donors (Lipinski definition) is 2. The fourth-order valence-electron chi connectivity index (χ4n) is 3.01. The molecule has 0 spiro atoms. The maximum Gasteiger partial charge on any atom is 0.0865 e. The molecule has 1 fully saturated rings. The molecule has 0 amide bonds. The largest absolute Gasteiger partial charge is 0.388 e. The van der Waals surface area contributed by atoms with Crippen molar-refractivity contribution in [3.8, 4) is 0 Å². The normalized spacial score (nSPS) is 19.2. The van der Waals surface area contributed by atoms with Crippen molar-refractivity contribution in [2.45, 2.75) is 37.8 Å². The number of nitrogens with zero attached hydrogens (tertiary/aromatic N) is 1. The smallest absolute Gasteiger partial charge is 0.0865 e. The molecule has 21 heavy (non-hydrogen) atoms. The van der Waals surface area contributed by atoms with E-state index in [1.54, 1.807) is 0 Å². The van der Waals surface area contributed by atoms with Gasteiger partial charge in [-0.2, -0.15) is 0 Å². The summed E-state index contributed by atoms with van der Waals surface area (Å²) in [6.07, 6.45) is 2.51. The quantitative estimate of drug-likeness (QED) is 0.845. The first-order chi connectivity index (χ1) is 10.1. The molecular weight excluding hydrogens is 264 g/mol. The summed E-state index contributed by atoms with van der Waals surface area (Å²) in [5, 5.41) is 13.9. The van der Waals surface area contributed by atoms with Crippen molar-refractivity contribution in [1.29, 1.82) is 0 Å². The third kappa shape index (κ3) is 4.19. The number of benzene rings is 1. The Bertz CT molecular complexity index is 423.